The smallest absolute Gasteiger partial charge is 0.339 e. The maximum absolute atomic E-state index is 12.2. The maximum atomic E-state index is 12.2. The Balaban J connectivity index is 2.08. The molecule has 2 aromatic rings. The number of rotatable bonds is 8. The first-order valence-corrected chi connectivity index (χ1v) is 8.60. The number of benzene rings is 2. The molecule has 0 aliphatic carbocycles. The molecule has 0 heterocycles. The van der Waals surface area contributed by atoms with E-state index in [0.717, 1.165) is 0 Å². The van der Waals surface area contributed by atoms with Crippen molar-refractivity contribution in [2.75, 3.05) is 20.3 Å². The highest BCUT2D eigenvalue weighted by Crippen LogP contribution is 2.21. The molecule has 0 unspecified atom stereocenters. The first kappa shape index (κ1) is 18.0. The zero-order valence-corrected chi connectivity index (χ0v) is 14.2. The summed E-state index contributed by atoms with van der Waals surface area (Å²) < 4.78 is 39.8. The summed E-state index contributed by atoms with van der Waals surface area (Å²) in [7, 11) is -2.38. The number of ketones is 1. The third-order valence-electron chi connectivity index (χ3n) is 3.14. The quantitative estimate of drug-likeness (QED) is 0.414. The zero-order valence-electron chi connectivity index (χ0n) is 13.4. The molecule has 24 heavy (non-hydrogen) atoms. The molecule has 0 aliphatic rings. The molecule has 0 fully saturated rings. The number of carbonyl (C=O) groups is 1. The summed E-state index contributed by atoms with van der Waals surface area (Å²) in [6.45, 7) is 2.25. The van der Waals surface area contributed by atoms with Gasteiger partial charge in [0, 0.05) is 12.7 Å². The lowest BCUT2D eigenvalue weighted by molar-refractivity contribution is 0.101. The summed E-state index contributed by atoms with van der Waals surface area (Å²) in [5.74, 6) is 0.575. The summed E-state index contributed by atoms with van der Waals surface area (Å²) in [6.07, 6.45) is 0. The number of ether oxygens (including phenoxy) is 2. The molecule has 0 saturated heterocycles. The van der Waals surface area contributed by atoms with Crippen LogP contribution in [0.4, 0.5) is 0 Å². The topological polar surface area (TPSA) is 78.9 Å². The zero-order chi connectivity index (χ0) is 17.6. The number of carbonyl (C=O) groups excluding carboxylic acids is 1. The molecular weight excluding hydrogens is 332 g/mol. The van der Waals surface area contributed by atoms with Gasteiger partial charge in [0.15, 0.2) is 5.78 Å². The summed E-state index contributed by atoms with van der Waals surface area (Å²) >= 11 is 0. The average Bonchev–Trinajstić information content (AvgIpc) is 2.56. The molecule has 128 valence electrons. The molecule has 2 aromatic carbocycles. The van der Waals surface area contributed by atoms with Crippen LogP contribution in [0.1, 0.15) is 17.3 Å². The van der Waals surface area contributed by atoms with Crippen LogP contribution in [0.25, 0.3) is 0 Å². The standard InChI is InChI=1S/C17H18O6S/c1-13(18)14-3-5-16(6-4-14)23-24(19,20)17-9-7-15(8-10-17)22-12-11-21-2/h3-10H,11-12H2,1-2H3. The summed E-state index contributed by atoms with van der Waals surface area (Å²) in [5, 5.41) is 0. The third kappa shape index (κ3) is 4.81. The van der Waals surface area contributed by atoms with E-state index in [1.807, 2.05) is 0 Å². The van der Waals surface area contributed by atoms with E-state index in [2.05, 4.69) is 0 Å². The molecule has 0 amide bonds. The summed E-state index contributed by atoms with van der Waals surface area (Å²) in [5.41, 5.74) is 0.484. The second-order valence-corrected chi connectivity index (χ2v) is 6.48. The highest BCUT2D eigenvalue weighted by molar-refractivity contribution is 7.87. The minimum absolute atomic E-state index is 0.0113. The Morgan fingerprint density at radius 3 is 2.04 bits per heavy atom. The van der Waals surface area contributed by atoms with Crippen molar-refractivity contribution in [2.24, 2.45) is 0 Å². The van der Waals surface area contributed by atoms with Crippen molar-refractivity contribution in [3.63, 3.8) is 0 Å². The van der Waals surface area contributed by atoms with Gasteiger partial charge in [-0.2, -0.15) is 8.42 Å². The van der Waals surface area contributed by atoms with Crippen LogP contribution in [0.15, 0.2) is 53.4 Å². The van der Waals surface area contributed by atoms with Crippen molar-refractivity contribution in [2.45, 2.75) is 11.8 Å². The summed E-state index contributed by atoms with van der Waals surface area (Å²) in [4.78, 5) is 11.2. The van der Waals surface area contributed by atoms with Gasteiger partial charge < -0.3 is 13.7 Å². The molecule has 0 atom stereocenters. The van der Waals surface area contributed by atoms with Gasteiger partial charge >= 0.3 is 10.1 Å². The highest BCUT2D eigenvalue weighted by Gasteiger charge is 2.17. The minimum Gasteiger partial charge on any atom is -0.491 e. The van der Waals surface area contributed by atoms with Crippen LogP contribution in [0.5, 0.6) is 11.5 Å². The second-order valence-electron chi connectivity index (χ2n) is 4.93. The Morgan fingerprint density at radius 1 is 0.917 bits per heavy atom. The van der Waals surface area contributed by atoms with Gasteiger partial charge in [-0.25, -0.2) is 0 Å². The lowest BCUT2D eigenvalue weighted by atomic mass is 10.1. The largest absolute Gasteiger partial charge is 0.491 e. The average molecular weight is 350 g/mol. The molecule has 0 radical (unpaired) electrons. The molecular formula is C17H18O6S. The predicted octanol–water partition coefficient (Wildman–Crippen LogP) is 2.68. The fraction of sp³-hybridized carbons (Fsp3) is 0.235. The van der Waals surface area contributed by atoms with Gasteiger partial charge in [0.1, 0.15) is 23.0 Å². The van der Waals surface area contributed by atoms with Gasteiger partial charge in [-0.1, -0.05) is 0 Å². The summed E-state index contributed by atoms with van der Waals surface area (Å²) in [6, 6.07) is 11.8. The first-order valence-electron chi connectivity index (χ1n) is 7.19. The van der Waals surface area contributed by atoms with E-state index in [0.29, 0.717) is 24.5 Å². The van der Waals surface area contributed by atoms with Crippen LogP contribution in [-0.2, 0) is 14.9 Å². The molecule has 2 rings (SSSR count). The Hall–Kier alpha value is -2.38. The van der Waals surface area contributed by atoms with E-state index in [1.54, 1.807) is 19.2 Å². The lowest BCUT2D eigenvalue weighted by Crippen LogP contribution is -2.10. The molecule has 0 N–H and O–H groups in total. The molecule has 0 bridgehead atoms. The number of hydrogen-bond acceptors (Lipinski definition) is 6. The van der Waals surface area contributed by atoms with E-state index in [4.69, 9.17) is 13.7 Å². The van der Waals surface area contributed by atoms with Crippen molar-refractivity contribution in [3.8, 4) is 11.5 Å². The van der Waals surface area contributed by atoms with Crippen LogP contribution in [0.3, 0.4) is 0 Å². The van der Waals surface area contributed by atoms with E-state index in [-0.39, 0.29) is 16.4 Å². The maximum Gasteiger partial charge on any atom is 0.339 e. The Labute approximate surface area is 141 Å². The molecule has 6 nitrogen and oxygen atoms in total. The van der Waals surface area contributed by atoms with Gasteiger partial charge in [-0.15, -0.1) is 0 Å². The molecule has 0 aromatic heterocycles. The Morgan fingerprint density at radius 2 is 1.50 bits per heavy atom. The Bertz CT molecular complexity index is 779. The number of hydrogen-bond donors (Lipinski definition) is 0. The van der Waals surface area contributed by atoms with E-state index in [1.165, 1.54) is 43.3 Å². The van der Waals surface area contributed by atoms with Crippen LogP contribution >= 0.6 is 0 Å². The van der Waals surface area contributed by atoms with E-state index in [9.17, 15) is 13.2 Å². The van der Waals surface area contributed by atoms with Crippen molar-refractivity contribution in [1.82, 2.24) is 0 Å². The normalized spacial score (nSPS) is 11.1. The Kier molecular flexibility index (Phi) is 5.94. The van der Waals surface area contributed by atoms with Crippen LogP contribution in [0.2, 0.25) is 0 Å². The molecule has 0 spiro atoms. The second kappa shape index (κ2) is 7.94. The van der Waals surface area contributed by atoms with Gasteiger partial charge in [0.2, 0.25) is 0 Å². The van der Waals surface area contributed by atoms with Crippen molar-refractivity contribution < 1.29 is 26.9 Å². The van der Waals surface area contributed by atoms with Gasteiger partial charge in [-0.3, -0.25) is 4.79 Å². The van der Waals surface area contributed by atoms with E-state index >= 15 is 0 Å². The van der Waals surface area contributed by atoms with Crippen LogP contribution in [0, 0.1) is 0 Å². The molecule has 0 aliphatic heterocycles. The van der Waals surface area contributed by atoms with Gasteiger partial charge in [0.05, 0.1) is 6.61 Å². The highest BCUT2D eigenvalue weighted by atomic mass is 32.2. The van der Waals surface area contributed by atoms with Crippen LogP contribution < -0.4 is 8.92 Å². The molecule has 0 saturated carbocycles. The number of Topliss-reactive ketones (excluding diaryl/α,β-unsaturated/α-hetero) is 1. The fourth-order valence-corrected chi connectivity index (χ4v) is 2.80. The van der Waals surface area contributed by atoms with Crippen molar-refractivity contribution in [1.29, 1.82) is 0 Å². The third-order valence-corrected chi connectivity index (χ3v) is 4.40. The van der Waals surface area contributed by atoms with Crippen molar-refractivity contribution in [3.05, 3.63) is 54.1 Å². The SMILES string of the molecule is COCCOc1ccc(S(=O)(=O)Oc2ccc(C(C)=O)cc2)cc1. The molecule has 7 heteroatoms. The predicted molar refractivity (Wildman–Crippen MR) is 88.1 cm³/mol. The fourth-order valence-electron chi connectivity index (χ4n) is 1.87. The van der Waals surface area contributed by atoms with Gasteiger partial charge in [0.25, 0.3) is 0 Å². The first-order chi connectivity index (χ1) is 11.4. The minimum atomic E-state index is -3.95. The van der Waals surface area contributed by atoms with E-state index < -0.39 is 10.1 Å². The van der Waals surface area contributed by atoms with Crippen molar-refractivity contribution >= 4 is 15.9 Å². The van der Waals surface area contributed by atoms with Gasteiger partial charge in [-0.05, 0) is 55.5 Å². The van der Waals surface area contributed by atoms with Crippen LogP contribution in [-0.4, -0.2) is 34.5 Å². The number of methoxy groups -OCH3 is 1. The monoisotopic (exact) mass is 350 g/mol. The lowest BCUT2D eigenvalue weighted by Gasteiger charge is -2.09.